The van der Waals surface area contributed by atoms with Crippen LogP contribution in [0.2, 0.25) is 0 Å². The van der Waals surface area contributed by atoms with Gasteiger partial charge in [0.05, 0.1) is 5.41 Å². The average Bonchev–Trinajstić information content (AvgIpc) is 2.77. The lowest BCUT2D eigenvalue weighted by atomic mass is 9.73. The predicted octanol–water partition coefficient (Wildman–Crippen LogP) is 2.48. The normalized spacial score (nSPS) is 19.8. The molecule has 29 heavy (non-hydrogen) atoms. The van der Waals surface area contributed by atoms with E-state index in [4.69, 9.17) is 14.2 Å². The highest BCUT2D eigenvalue weighted by atomic mass is 79.9. The van der Waals surface area contributed by atoms with E-state index in [0.717, 1.165) is 10.0 Å². The lowest BCUT2D eigenvalue weighted by Crippen LogP contribution is -2.56. The van der Waals surface area contributed by atoms with Crippen LogP contribution in [0.25, 0.3) is 0 Å². The van der Waals surface area contributed by atoms with E-state index in [9.17, 15) is 9.59 Å². The van der Waals surface area contributed by atoms with Crippen molar-refractivity contribution in [3.8, 4) is 11.5 Å². The Morgan fingerprint density at radius 1 is 0.966 bits per heavy atom. The molecule has 2 amide bonds. The fraction of sp³-hybridized carbons (Fsp3) is 0.333. The maximum absolute atomic E-state index is 13.1. The van der Waals surface area contributed by atoms with Crippen LogP contribution in [0, 0.1) is 0 Å². The largest absolute Gasteiger partial charge is 0.485 e. The Labute approximate surface area is 176 Å². The third-order valence-corrected chi connectivity index (χ3v) is 5.81. The van der Waals surface area contributed by atoms with Crippen molar-refractivity contribution in [2.24, 2.45) is 0 Å². The summed E-state index contributed by atoms with van der Waals surface area (Å²) in [6.45, 7) is 1.03. The van der Waals surface area contributed by atoms with Gasteiger partial charge in [0.15, 0.2) is 11.5 Å². The van der Waals surface area contributed by atoms with Gasteiger partial charge in [0.25, 0.3) is 5.91 Å². The SMILES string of the molecule is O=C(NNC(=O)C1(c2ccc(Br)cc2)CCOCC1)C1COc2ccccc2O1. The van der Waals surface area contributed by atoms with Crippen molar-refractivity contribution < 1.29 is 23.8 Å². The van der Waals surface area contributed by atoms with Gasteiger partial charge in [-0.2, -0.15) is 0 Å². The summed E-state index contributed by atoms with van der Waals surface area (Å²) in [5.74, 6) is 0.359. The lowest BCUT2D eigenvalue weighted by molar-refractivity contribution is -0.138. The summed E-state index contributed by atoms with van der Waals surface area (Å²) in [4.78, 5) is 25.6. The zero-order chi connectivity index (χ0) is 20.3. The second kappa shape index (κ2) is 8.42. The summed E-state index contributed by atoms with van der Waals surface area (Å²) in [6.07, 6.45) is 0.225. The Bertz CT molecular complexity index is 896. The van der Waals surface area contributed by atoms with Crippen LogP contribution in [0.4, 0.5) is 0 Å². The molecule has 2 aliphatic rings. The van der Waals surface area contributed by atoms with Gasteiger partial charge < -0.3 is 14.2 Å². The minimum absolute atomic E-state index is 0.0738. The molecule has 0 aliphatic carbocycles. The van der Waals surface area contributed by atoms with E-state index in [1.807, 2.05) is 30.3 Å². The molecule has 1 atom stereocenters. The number of benzene rings is 2. The molecule has 1 unspecified atom stereocenters. The van der Waals surface area contributed by atoms with E-state index < -0.39 is 17.4 Å². The summed E-state index contributed by atoms with van der Waals surface area (Å²) >= 11 is 3.42. The number of fused-ring (bicyclic) bond motifs is 1. The predicted molar refractivity (Wildman–Crippen MR) is 109 cm³/mol. The van der Waals surface area contributed by atoms with Crippen molar-refractivity contribution in [1.29, 1.82) is 0 Å². The molecule has 0 spiro atoms. The molecular weight excluding hydrogens is 440 g/mol. The van der Waals surface area contributed by atoms with Gasteiger partial charge in [-0.05, 0) is 42.7 Å². The summed E-state index contributed by atoms with van der Waals surface area (Å²) < 4.78 is 17.6. The minimum atomic E-state index is -0.844. The van der Waals surface area contributed by atoms with Crippen LogP contribution in [-0.4, -0.2) is 37.7 Å². The van der Waals surface area contributed by atoms with Crippen LogP contribution in [0.15, 0.2) is 53.0 Å². The van der Waals surface area contributed by atoms with Crippen LogP contribution >= 0.6 is 15.9 Å². The van der Waals surface area contributed by atoms with Gasteiger partial charge in [0.2, 0.25) is 12.0 Å². The van der Waals surface area contributed by atoms with Gasteiger partial charge in [-0.15, -0.1) is 0 Å². The first-order valence-electron chi connectivity index (χ1n) is 9.41. The molecular formula is C21H21BrN2O5. The quantitative estimate of drug-likeness (QED) is 0.687. The molecule has 2 aliphatic heterocycles. The molecule has 152 valence electrons. The molecule has 0 saturated carbocycles. The van der Waals surface area contributed by atoms with Crippen molar-refractivity contribution in [2.45, 2.75) is 24.4 Å². The molecule has 2 aromatic rings. The van der Waals surface area contributed by atoms with Crippen LogP contribution in [0.5, 0.6) is 11.5 Å². The van der Waals surface area contributed by atoms with Crippen molar-refractivity contribution >= 4 is 27.7 Å². The Hall–Kier alpha value is -2.58. The number of rotatable bonds is 3. The Kier molecular flexibility index (Phi) is 5.73. The number of halogens is 1. The number of nitrogens with one attached hydrogen (secondary N) is 2. The number of carbonyl (C=O) groups excluding carboxylic acids is 2. The number of hydrazine groups is 1. The maximum atomic E-state index is 13.1. The molecule has 0 radical (unpaired) electrons. The second-order valence-corrected chi connectivity index (χ2v) is 7.92. The fourth-order valence-corrected chi connectivity index (χ4v) is 3.87. The zero-order valence-corrected chi connectivity index (χ0v) is 17.2. The average molecular weight is 461 g/mol. The van der Waals surface area contributed by atoms with Crippen LogP contribution in [-0.2, 0) is 19.7 Å². The van der Waals surface area contributed by atoms with Gasteiger partial charge in [0, 0.05) is 17.7 Å². The molecule has 8 heteroatoms. The zero-order valence-electron chi connectivity index (χ0n) is 15.7. The number of carbonyl (C=O) groups is 2. The van der Waals surface area contributed by atoms with E-state index in [-0.39, 0.29) is 12.5 Å². The van der Waals surface area contributed by atoms with Gasteiger partial charge in [-0.1, -0.05) is 40.2 Å². The summed E-state index contributed by atoms with van der Waals surface area (Å²) in [5.41, 5.74) is 5.21. The van der Waals surface area contributed by atoms with E-state index in [1.165, 1.54) is 0 Å². The maximum Gasteiger partial charge on any atom is 0.283 e. The molecule has 2 aromatic carbocycles. The first-order valence-corrected chi connectivity index (χ1v) is 10.2. The monoisotopic (exact) mass is 460 g/mol. The Morgan fingerprint density at radius 2 is 1.66 bits per heavy atom. The molecule has 0 aromatic heterocycles. The molecule has 2 N–H and O–H groups in total. The van der Waals surface area contributed by atoms with Gasteiger partial charge >= 0.3 is 0 Å². The highest BCUT2D eigenvalue weighted by Gasteiger charge is 2.42. The highest BCUT2D eigenvalue weighted by molar-refractivity contribution is 9.10. The molecule has 1 fully saturated rings. The van der Waals surface area contributed by atoms with Gasteiger partial charge in [-0.3, -0.25) is 20.4 Å². The first-order chi connectivity index (χ1) is 14.1. The molecule has 0 bridgehead atoms. The fourth-order valence-electron chi connectivity index (χ4n) is 3.60. The standard InChI is InChI=1S/C21H21BrN2O5/c22-15-7-5-14(6-8-15)21(9-11-27-12-10-21)20(26)24-23-19(25)18-13-28-16-3-1-2-4-17(16)29-18/h1-8,18H,9-13H2,(H,23,25)(H,24,26). The van der Waals surface area contributed by atoms with Gasteiger partial charge in [-0.25, -0.2) is 0 Å². The van der Waals surface area contributed by atoms with Crippen molar-refractivity contribution in [3.05, 3.63) is 58.6 Å². The van der Waals surface area contributed by atoms with Crippen LogP contribution < -0.4 is 20.3 Å². The van der Waals surface area contributed by atoms with E-state index in [0.29, 0.717) is 37.6 Å². The molecule has 4 rings (SSSR count). The third-order valence-electron chi connectivity index (χ3n) is 5.28. The summed E-state index contributed by atoms with van der Waals surface area (Å²) in [6, 6.07) is 14.8. The highest BCUT2D eigenvalue weighted by Crippen LogP contribution is 2.36. The Balaban J connectivity index is 1.43. The van der Waals surface area contributed by atoms with Crippen LogP contribution in [0.1, 0.15) is 18.4 Å². The molecule has 2 heterocycles. The topological polar surface area (TPSA) is 85.9 Å². The number of ether oxygens (including phenoxy) is 3. The van der Waals surface area contributed by atoms with E-state index in [2.05, 4.69) is 26.8 Å². The number of hydrogen-bond acceptors (Lipinski definition) is 5. The van der Waals surface area contributed by atoms with Crippen molar-refractivity contribution in [1.82, 2.24) is 10.9 Å². The minimum Gasteiger partial charge on any atom is -0.485 e. The second-order valence-electron chi connectivity index (χ2n) is 7.01. The number of amides is 2. The van der Waals surface area contributed by atoms with Crippen LogP contribution in [0.3, 0.4) is 0 Å². The van der Waals surface area contributed by atoms with Crippen molar-refractivity contribution in [3.63, 3.8) is 0 Å². The van der Waals surface area contributed by atoms with E-state index >= 15 is 0 Å². The van der Waals surface area contributed by atoms with Crippen molar-refractivity contribution in [2.75, 3.05) is 19.8 Å². The van der Waals surface area contributed by atoms with Gasteiger partial charge in [0.1, 0.15) is 6.61 Å². The molecule has 7 nitrogen and oxygen atoms in total. The van der Waals surface area contributed by atoms with E-state index in [1.54, 1.807) is 18.2 Å². The third kappa shape index (κ3) is 4.09. The first kappa shape index (κ1) is 19.7. The number of hydrogen-bond donors (Lipinski definition) is 2. The summed E-state index contributed by atoms with van der Waals surface area (Å²) in [7, 11) is 0. The summed E-state index contributed by atoms with van der Waals surface area (Å²) in [5, 5.41) is 0. The molecule has 1 saturated heterocycles. The smallest absolute Gasteiger partial charge is 0.283 e. The lowest BCUT2D eigenvalue weighted by Gasteiger charge is -2.36. The Morgan fingerprint density at radius 3 is 2.38 bits per heavy atom. The number of para-hydroxylation sites is 2.